The van der Waals surface area contributed by atoms with E-state index in [0.717, 1.165) is 25.7 Å². The van der Waals surface area contributed by atoms with Crippen LogP contribution in [0.5, 0.6) is 0 Å². The second-order valence-electron chi connectivity index (χ2n) is 7.77. The van der Waals surface area contributed by atoms with Gasteiger partial charge in [-0.2, -0.15) is 0 Å². The zero-order valence-electron chi connectivity index (χ0n) is 16.2. The predicted molar refractivity (Wildman–Crippen MR) is 104 cm³/mol. The molecular weight excluding hydrogens is 374 g/mol. The van der Waals surface area contributed by atoms with Gasteiger partial charge < -0.3 is 4.74 Å². The minimum absolute atomic E-state index is 0.141. The number of rotatable bonds is 5. The van der Waals surface area contributed by atoms with E-state index >= 15 is 0 Å². The lowest BCUT2D eigenvalue weighted by molar-refractivity contribution is -0.141. The van der Waals surface area contributed by atoms with Crippen molar-refractivity contribution < 1.29 is 23.9 Å². The van der Waals surface area contributed by atoms with Gasteiger partial charge in [0.15, 0.2) is 5.92 Å². The van der Waals surface area contributed by atoms with Crippen LogP contribution in [-0.4, -0.2) is 47.6 Å². The van der Waals surface area contributed by atoms with Crippen LogP contribution >= 0.6 is 0 Å². The molecule has 0 radical (unpaired) electrons. The largest absolute Gasteiger partial charge is 0.462 e. The third-order valence-electron chi connectivity index (χ3n) is 6.00. The normalized spacial score (nSPS) is 28.9. The summed E-state index contributed by atoms with van der Waals surface area (Å²) in [6.45, 7) is 1.98. The minimum Gasteiger partial charge on any atom is -0.462 e. The first-order chi connectivity index (χ1) is 14.0. The maximum Gasteiger partial charge on any atom is 0.338 e. The number of benzene rings is 1. The first-order valence-corrected chi connectivity index (χ1v) is 9.97. The van der Waals surface area contributed by atoms with Crippen molar-refractivity contribution in [1.29, 1.82) is 0 Å². The van der Waals surface area contributed by atoms with Crippen molar-refractivity contribution in [2.75, 3.05) is 6.61 Å². The minimum atomic E-state index is -1.17. The van der Waals surface area contributed by atoms with Gasteiger partial charge in [0.05, 0.1) is 17.9 Å². The van der Waals surface area contributed by atoms with Crippen molar-refractivity contribution in [3.05, 3.63) is 29.8 Å². The van der Waals surface area contributed by atoms with Crippen LogP contribution in [0.4, 0.5) is 10.5 Å². The van der Waals surface area contributed by atoms with Gasteiger partial charge in [0, 0.05) is 12.3 Å². The second kappa shape index (κ2) is 7.77. The Hall–Kier alpha value is -3.03. The Morgan fingerprint density at radius 3 is 2.79 bits per heavy atom. The highest BCUT2D eigenvalue weighted by Gasteiger charge is 2.50. The smallest absolute Gasteiger partial charge is 0.338 e. The molecule has 4 amide bonds. The molecule has 1 aliphatic heterocycles. The first kappa shape index (κ1) is 19.3. The number of hydrogen-bond donors (Lipinski definition) is 1. The molecule has 152 valence electrons. The summed E-state index contributed by atoms with van der Waals surface area (Å²) in [6.07, 6.45) is 5.25. The molecule has 2 saturated carbocycles. The summed E-state index contributed by atoms with van der Waals surface area (Å²) in [4.78, 5) is 54.9. The summed E-state index contributed by atoms with van der Waals surface area (Å²) in [6, 6.07) is 5.66. The highest BCUT2D eigenvalue weighted by atomic mass is 16.5. The number of ether oxygens (including phenoxy) is 1. The summed E-state index contributed by atoms with van der Waals surface area (Å²) >= 11 is 0. The highest BCUT2D eigenvalue weighted by Crippen LogP contribution is 2.47. The number of nitrogens with zero attached hydrogens (tertiary/aromatic N) is 2. The van der Waals surface area contributed by atoms with E-state index < -0.39 is 29.7 Å². The maximum absolute atomic E-state index is 13.0. The van der Waals surface area contributed by atoms with Gasteiger partial charge in [-0.1, -0.05) is 12.5 Å². The van der Waals surface area contributed by atoms with Gasteiger partial charge in [0.1, 0.15) is 0 Å². The molecule has 1 heterocycles. The van der Waals surface area contributed by atoms with E-state index in [-0.39, 0.29) is 12.6 Å². The molecule has 8 heteroatoms. The molecule has 4 rings (SSSR count). The zero-order valence-corrected chi connectivity index (χ0v) is 16.2. The fourth-order valence-corrected chi connectivity index (χ4v) is 4.67. The molecule has 1 aromatic carbocycles. The first-order valence-electron chi connectivity index (χ1n) is 9.97. The Labute approximate surface area is 168 Å². The number of urea groups is 1. The molecule has 3 aliphatic rings. The fourth-order valence-electron chi connectivity index (χ4n) is 4.67. The van der Waals surface area contributed by atoms with Crippen molar-refractivity contribution in [2.45, 2.75) is 38.6 Å². The summed E-state index contributed by atoms with van der Waals surface area (Å²) < 4.78 is 4.97. The van der Waals surface area contributed by atoms with Crippen molar-refractivity contribution in [1.82, 2.24) is 10.2 Å². The highest BCUT2D eigenvalue weighted by molar-refractivity contribution is 6.23. The predicted octanol–water partition coefficient (Wildman–Crippen LogP) is 2.45. The van der Waals surface area contributed by atoms with Crippen LogP contribution in [0.15, 0.2) is 29.3 Å². The van der Waals surface area contributed by atoms with E-state index in [1.54, 1.807) is 25.1 Å². The van der Waals surface area contributed by atoms with Crippen LogP contribution in [0, 0.1) is 17.8 Å². The Kier molecular flexibility index (Phi) is 5.17. The van der Waals surface area contributed by atoms with Crippen molar-refractivity contribution in [3.63, 3.8) is 0 Å². The molecule has 8 nitrogen and oxygen atoms in total. The number of nitrogens with one attached hydrogen (secondary N) is 1. The Morgan fingerprint density at radius 2 is 2.10 bits per heavy atom. The second-order valence-corrected chi connectivity index (χ2v) is 7.77. The van der Waals surface area contributed by atoms with Gasteiger partial charge >= 0.3 is 12.0 Å². The van der Waals surface area contributed by atoms with Crippen LogP contribution in [0.3, 0.4) is 0 Å². The quantitative estimate of drug-likeness (QED) is 0.467. The van der Waals surface area contributed by atoms with Crippen LogP contribution in [0.2, 0.25) is 0 Å². The summed E-state index contributed by atoms with van der Waals surface area (Å²) in [5.74, 6) is -1.96. The standard InChI is InChI=1S/C21H23N3O5/c1-2-29-20(27)14-4-3-5-15(10-14)22-11-16-18(25)23-21(28)24(19(16)26)17-9-12-6-7-13(17)8-12/h3-5,10-13,16-17H,2,6-9H2,1H3,(H,23,25,28)/t12-,13-,16+,17-/m0/s1. The average molecular weight is 397 g/mol. The van der Waals surface area contributed by atoms with Crippen molar-refractivity contribution >= 4 is 35.7 Å². The van der Waals surface area contributed by atoms with Gasteiger partial charge in [-0.15, -0.1) is 0 Å². The van der Waals surface area contributed by atoms with Crippen LogP contribution in [-0.2, 0) is 14.3 Å². The molecule has 2 bridgehead atoms. The monoisotopic (exact) mass is 397 g/mol. The molecule has 1 saturated heterocycles. The number of carbonyl (C=O) groups is 4. The van der Waals surface area contributed by atoms with Crippen LogP contribution in [0.25, 0.3) is 0 Å². The summed E-state index contributed by atoms with van der Waals surface area (Å²) in [5.41, 5.74) is 0.749. The molecule has 0 unspecified atom stereocenters. The molecule has 0 spiro atoms. The molecule has 0 aromatic heterocycles. The molecular formula is C21H23N3O5. The number of imide groups is 2. The number of fused-ring (bicyclic) bond motifs is 2. The van der Waals surface area contributed by atoms with E-state index in [9.17, 15) is 19.2 Å². The number of amides is 4. The van der Waals surface area contributed by atoms with E-state index in [1.807, 2.05) is 0 Å². The molecule has 1 N–H and O–H groups in total. The van der Waals surface area contributed by atoms with E-state index in [1.165, 1.54) is 17.2 Å². The van der Waals surface area contributed by atoms with Crippen LogP contribution < -0.4 is 5.32 Å². The lowest BCUT2D eigenvalue weighted by Crippen LogP contribution is -2.62. The number of carbonyl (C=O) groups excluding carboxylic acids is 4. The summed E-state index contributed by atoms with van der Waals surface area (Å²) in [7, 11) is 0. The van der Waals surface area contributed by atoms with Crippen LogP contribution in [0.1, 0.15) is 43.0 Å². The van der Waals surface area contributed by atoms with Gasteiger partial charge in [0.2, 0.25) is 11.8 Å². The van der Waals surface area contributed by atoms with Gasteiger partial charge in [-0.25, -0.2) is 9.59 Å². The third kappa shape index (κ3) is 3.66. The summed E-state index contributed by atoms with van der Waals surface area (Å²) in [5, 5.41) is 2.29. The Balaban J connectivity index is 1.52. The van der Waals surface area contributed by atoms with E-state index in [2.05, 4.69) is 10.3 Å². The zero-order chi connectivity index (χ0) is 20.5. The number of esters is 1. The van der Waals surface area contributed by atoms with Crippen molar-refractivity contribution in [2.24, 2.45) is 22.7 Å². The number of hydrogen-bond acceptors (Lipinski definition) is 6. The lowest BCUT2D eigenvalue weighted by Gasteiger charge is -2.36. The molecule has 1 aromatic rings. The maximum atomic E-state index is 13.0. The van der Waals surface area contributed by atoms with Gasteiger partial charge in [-0.3, -0.25) is 24.8 Å². The van der Waals surface area contributed by atoms with E-state index in [4.69, 9.17) is 4.74 Å². The van der Waals surface area contributed by atoms with Gasteiger partial charge in [-0.05, 0) is 56.2 Å². The third-order valence-corrected chi connectivity index (χ3v) is 6.00. The molecule has 29 heavy (non-hydrogen) atoms. The van der Waals surface area contributed by atoms with E-state index in [0.29, 0.717) is 23.1 Å². The van der Waals surface area contributed by atoms with Crippen molar-refractivity contribution in [3.8, 4) is 0 Å². The topological polar surface area (TPSA) is 105 Å². The number of barbiturate groups is 1. The molecule has 2 aliphatic carbocycles. The SMILES string of the molecule is CCOC(=O)c1cccc(N=C[C@@H]2C(=O)NC(=O)N([C@H]3C[C@H]4CC[C@H]3C4)C2=O)c1. The fraction of sp³-hybridized carbons (Fsp3) is 0.476. The van der Waals surface area contributed by atoms with Gasteiger partial charge in [0.25, 0.3) is 0 Å². The Morgan fingerprint density at radius 1 is 1.28 bits per heavy atom. The average Bonchev–Trinajstić information content (AvgIpc) is 3.31. The molecule has 4 atom stereocenters. The number of aliphatic imine (C=N–C) groups is 1. The molecule has 3 fully saturated rings. The lowest BCUT2D eigenvalue weighted by atomic mass is 9.92. The Bertz CT molecular complexity index is 896.